The molecule has 0 atom stereocenters. The molecule has 0 saturated heterocycles. The zero-order valence-corrected chi connectivity index (χ0v) is 20.0. The van der Waals surface area contributed by atoms with Gasteiger partial charge in [-0.15, -0.1) is 0 Å². The number of pyridine rings is 2. The molecule has 3 heteroatoms. The standard InChI is InChI=1S/C34H21N3/c1-2-9-22(10-3-1)23-16-18-24(19-17-23)27-21-28-32(26-12-5-4-11-25(26)27)34-36-29-13-6-7-14-30(29)37(34)31-15-8-20-35-33(28)31/h1-21H. The average Bonchev–Trinajstić information content (AvgIpc) is 3.37. The first-order chi connectivity index (χ1) is 18.4. The molecule has 3 nitrogen and oxygen atoms in total. The van der Waals surface area contributed by atoms with Crippen LogP contribution in [0.4, 0.5) is 0 Å². The van der Waals surface area contributed by atoms with Crippen molar-refractivity contribution in [1.82, 2.24) is 14.4 Å². The normalized spacial score (nSPS) is 11.8. The van der Waals surface area contributed by atoms with Crippen LogP contribution in [0.3, 0.4) is 0 Å². The molecule has 0 saturated carbocycles. The molecule has 5 aromatic carbocycles. The number of rotatable bonds is 2. The van der Waals surface area contributed by atoms with Crippen LogP contribution in [-0.2, 0) is 0 Å². The molecule has 8 aromatic rings. The zero-order valence-electron chi connectivity index (χ0n) is 20.0. The number of imidazole rings is 1. The SMILES string of the molecule is c1ccc(-c2ccc(-c3cc4c5ncccc5n5c6ccccc6nc5c4c4ccccc34)cc2)cc1. The minimum Gasteiger partial charge on any atom is -0.290 e. The van der Waals surface area contributed by atoms with Gasteiger partial charge >= 0.3 is 0 Å². The molecule has 37 heavy (non-hydrogen) atoms. The van der Waals surface area contributed by atoms with Crippen LogP contribution in [0.15, 0.2) is 128 Å². The van der Waals surface area contributed by atoms with E-state index in [0.29, 0.717) is 0 Å². The third kappa shape index (κ3) is 2.95. The summed E-state index contributed by atoms with van der Waals surface area (Å²) >= 11 is 0. The molecule has 3 heterocycles. The van der Waals surface area contributed by atoms with Crippen molar-refractivity contribution in [1.29, 1.82) is 0 Å². The summed E-state index contributed by atoms with van der Waals surface area (Å²) in [5, 5.41) is 4.67. The number of fused-ring (bicyclic) bond motifs is 10. The van der Waals surface area contributed by atoms with Gasteiger partial charge in [0.1, 0.15) is 5.65 Å². The molecule has 172 valence electrons. The summed E-state index contributed by atoms with van der Waals surface area (Å²) in [5.41, 5.74) is 9.95. The Hall–Kier alpha value is -5.02. The Bertz CT molecular complexity index is 2120. The largest absolute Gasteiger partial charge is 0.290 e. The van der Waals surface area contributed by atoms with Crippen LogP contribution in [-0.4, -0.2) is 14.4 Å². The second kappa shape index (κ2) is 7.74. The highest BCUT2D eigenvalue weighted by atomic mass is 15.0. The minimum atomic E-state index is 0.971. The Balaban J connectivity index is 1.50. The number of hydrogen-bond acceptors (Lipinski definition) is 2. The first-order valence-corrected chi connectivity index (χ1v) is 12.5. The molecular formula is C34H21N3. The highest BCUT2D eigenvalue weighted by molar-refractivity contribution is 6.25. The fourth-order valence-corrected chi connectivity index (χ4v) is 5.74. The van der Waals surface area contributed by atoms with Gasteiger partial charge in [0.2, 0.25) is 0 Å². The van der Waals surface area contributed by atoms with E-state index in [9.17, 15) is 0 Å². The van der Waals surface area contributed by atoms with Gasteiger partial charge in [-0.25, -0.2) is 4.98 Å². The summed E-state index contributed by atoms with van der Waals surface area (Å²) in [6.07, 6.45) is 1.89. The van der Waals surface area contributed by atoms with Gasteiger partial charge in [0.15, 0.2) is 0 Å². The van der Waals surface area contributed by atoms with E-state index in [1.807, 2.05) is 18.3 Å². The first-order valence-electron chi connectivity index (χ1n) is 12.5. The molecule has 0 aliphatic carbocycles. The molecule has 0 unspecified atom stereocenters. The van der Waals surface area contributed by atoms with Crippen LogP contribution in [0, 0.1) is 0 Å². The van der Waals surface area contributed by atoms with Crippen LogP contribution >= 0.6 is 0 Å². The maximum atomic E-state index is 5.13. The number of nitrogens with zero attached hydrogens (tertiary/aromatic N) is 3. The van der Waals surface area contributed by atoms with E-state index in [2.05, 4.69) is 114 Å². The second-order valence-corrected chi connectivity index (χ2v) is 9.47. The van der Waals surface area contributed by atoms with Crippen molar-refractivity contribution >= 4 is 49.3 Å². The van der Waals surface area contributed by atoms with Gasteiger partial charge in [-0.3, -0.25) is 9.38 Å². The third-order valence-electron chi connectivity index (χ3n) is 7.41. The van der Waals surface area contributed by atoms with Crippen molar-refractivity contribution in [3.8, 4) is 22.3 Å². The Morgan fingerprint density at radius 1 is 0.514 bits per heavy atom. The number of aromatic nitrogens is 3. The monoisotopic (exact) mass is 471 g/mol. The van der Waals surface area contributed by atoms with Gasteiger partial charge in [-0.2, -0.15) is 0 Å². The van der Waals surface area contributed by atoms with Crippen molar-refractivity contribution in [2.24, 2.45) is 0 Å². The average molecular weight is 472 g/mol. The third-order valence-corrected chi connectivity index (χ3v) is 7.41. The smallest absolute Gasteiger partial charge is 0.147 e. The highest BCUT2D eigenvalue weighted by Crippen LogP contribution is 2.40. The number of benzene rings is 5. The van der Waals surface area contributed by atoms with Gasteiger partial charge < -0.3 is 0 Å². The van der Waals surface area contributed by atoms with E-state index >= 15 is 0 Å². The summed E-state index contributed by atoms with van der Waals surface area (Å²) in [7, 11) is 0. The van der Waals surface area contributed by atoms with Gasteiger partial charge in [0, 0.05) is 17.0 Å². The van der Waals surface area contributed by atoms with E-state index in [4.69, 9.17) is 9.97 Å². The van der Waals surface area contributed by atoms with Gasteiger partial charge in [-0.05, 0) is 63.4 Å². The molecule has 0 radical (unpaired) electrons. The summed E-state index contributed by atoms with van der Waals surface area (Å²) in [5.74, 6) is 0. The lowest BCUT2D eigenvalue weighted by atomic mass is 9.92. The van der Waals surface area contributed by atoms with Crippen LogP contribution in [0.25, 0.3) is 71.5 Å². The van der Waals surface area contributed by atoms with E-state index in [0.717, 1.165) is 38.5 Å². The Kier molecular flexibility index (Phi) is 4.23. The molecule has 8 rings (SSSR count). The fourth-order valence-electron chi connectivity index (χ4n) is 5.74. The predicted molar refractivity (Wildman–Crippen MR) is 154 cm³/mol. The molecular weight excluding hydrogens is 450 g/mol. The Morgan fingerprint density at radius 3 is 2.05 bits per heavy atom. The van der Waals surface area contributed by atoms with Crippen LogP contribution in [0.5, 0.6) is 0 Å². The molecule has 0 fully saturated rings. The van der Waals surface area contributed by atoms with Gasteiger partial charge in [0.25, 0.3) is 0 Å². The lowest BCUT2D eigenvalue weighted by molar-refractivity contribution is 1.29. The quantitative estimate of drug-likeness (QED) is 0.236. The minimum absolute atomic E-state index is 0.971. The first kappa shape index (κ1) is 20.2. The summed E-state index contributed by atoms with van der Waals surface area (Å²) in [6, 6.07) is 42.9. The molecule has 0 bridgehead atoms. The fraction of sp³-hybridized carbons (Fsp3) is 0. The molecule has 0 aliphatic rings. The number of hydrogen-bond donors (Lipinski definition) is 0. The lowest BCUT2D eigenvalue weighted by Crippen LogP contribution is -1.95. The maximum absolute atomic E-state index is 5.13. The summed E-state index contributed by atoms with van der Waals surface area (Å²) in [6.45, 7) is 0. The van der Waals surface area contributed by atoms with E-state index in [1.54, 1.807) is 0 Å². The lowest BCUT2D eigenvalue weighted by Gasteiger charge is -2.15. The Morgan fingerprint density at radius 2 is 1.19 bits per heavy atom. The van der Waals surface area contributed by atoms with Gasteiger partial charge in [-0.1, -0.05) is 91.0 Å². The highest BCUT2D eigenvalue weighted by Gasteiger charge is 2.18. The van der Waals surface area contributed by atoms with Crippen molar-refractivity contribution < 1.29 is 0 Å². The molecule has 0 aliphatic heterocycles. The zero-order chi connectivity index (χ0) is 24.3. The second-order valence-electron chi connectivity index (χ2n) is 9.47. The van der Waals surface area contributed by atoms with Crippen LogP contribution in [0.1, 0.15) is 0 Å². The van der Waals surface area contributed by atoms with Crippen molar-refractivity contribution in [3.63, 3.8) is 0 Å². The molecule has 0 N–H and O–H groups in total. The molecule has 0 amide bonds. The summed E-state index contributed by atoms with van der Waals surface area (Å²) < 4.78 is 2.26. The summed E-state index contributed by atoms with van der Waals surface area (Å²) in [4.78, 5) is 10.0. The number of para-hydroxylation sites is 2. The van der Waals surface area contributed by atoms with Crippen molar-refractivity contribution in [3.05, 3.63) is 128 Å². The van der Waals surface area contributed by atoms with E-state index in [1.165, 1.54) is 33.0 Å². The van der Waals surface area contributed by atoms with E-state index < -0.39 is 0 Å². The molecule has 3 aromatic heterocycles. The maximum Gasteiger partial charge on any atom is 0.147 e. The van der Waals surface area contributed by atoms with Crippen molar-refractivity contribution in [2.75, 3.05) is 0 Å². The predicted octanol–water partition coefficient (Wildman–Crippen LogP) is 8.68. The van der Waals surface area contributed by atoms with Crippen LogP contribution < -0.4 is 0 Å². The van der Waals surface area contributed by atoms with E-state index in [-0.39, 0.29) is 0 Å². The van der Waals surface area contributed by atoms with Crippen LogP contribution in [0.2, 0.25) is 0 Å². The topological polar surface area (TPSA) is 30.2 Å². The van der Waals surface area contributed by atoms with Crippen molar-refractivity contribution in [2.45, 2.75) is 0 Å². The Labute approximate surface area is 213 Å². The molecule has 0 spiro atoms. The van der Waals surface area contributed by atoms with Gasteiger partial charge in [0.05, 0.1) is 22.1 Å².